The first-order valence-electron chi connectivity index (χ1n) is 9.22. The zero-order chi connectivity index (χ0) is 23.0. The van der Waals surface area contributed by atoms with E-state index in [0.29, 0.717) is 27.8 Å². The second-order valence-corrected chi connectivity index (χ2v) is 7.92. The van der Waals surface area contributed by atoms with E-state index in [2.05, 4.69) is 25.6 Å². The van der Waals surface area contributed by atoms with E-state index in [1.165, 1.54) is 11.3 Å². The second-order valence-electron chi connectivity index (χ2n) is 6.85. The molecule has 12 heteroatoms. The molecule has 8 nitrogen and oxygen atoms in total. The molecule has 0 spiro atoms. The summed E-state index contributed by atoms with van der Waals surface area (Å²) in [5, 5.41) is 16.2. The van der Waals surface area contributed by atoms with Gasteiger partial charge in [-0.05, 0) is 19.1 Å². The van der Waals surface area contributed by atoms with Crippen molar-refractivity contribution in [3.05, 3.63) is 75.4 Å². The zero-order valence-corrected chi connectivity index (χ0v) is 17.6. The lowest BCUT2D eigenvalue weighted by Gasteiger charge is -2.03. The lowest BCUT2D eigenvalue weighted by Crippen LogP contribution is -2.23. The number of amides is 1. The molecule has 32 heavy (non-hydrogen) atoms. The molecular weight excluding hydrogens is 445 g/mol. The number of aromatic nitrogens is 5. The number of nitrogens with one attached hydrogen (secondary N) is 2. The predicted octanol–water partition coefficient (Wildman–Crippen LogP) is 3.15. The van der Waals surface area contributed by atoms with Gasteiger partial charge in [-0.15, -0.1) is 10.2 Å². The molecule has 4 aromatic rings. The Balaban J connectivity index is 1.43. The number of carbonyl (C=O) groups excluding carboxylic acids is 2. The summed E-state index contributed by atoms with van der Waals surface area (Å²) in [6, 6.07) is 3.85. The average Bonchev–Trinajstić information content (AvgIpc) is 3.46. The van der Waals surface area contributed by atoms with Gasteiger partial charge in [-0.2, -0.15) is 5.10 Å². The van der Waals surface area contributed by atoms with Crippen molar-refractivity contribution < 1.29 is 22.8 Å². The van der Waals surface area contributed by atoms with Gasteiger partial charge < -0.3 is 10.3 Å². The number of aromatic amines is 1. The van der Waals surface area contributed by atoms with Crippen molar-refractivity contribution >= 4 is 23.0 Å². The molecule has 1 amide bonds. The Morgan fingerprint density at radius 3 is 2.50 bits per heavy atom. The number of halogens is 3. The number of carbonyl (C=O) groups is 2. The molecule has 164 valence electrons. The summed E-state index contributed by atoms with van der Waals surface area (Å²) in [6.07, 6.45) is 1.14. The highest BCUT2D eigenvalue weighted by atomic mass is 32.1. The van der Waals surface area contributed by atoms with Crippen LogP contribution in [-0.4, -0.2) is 36.7 Å². The van der Waals surface area contributed by atoms with Crippen LogP contribution in [0.15, 0.2) is 30.5 Å². The van der Waals surface area contributed by atoms with Crippen LogP contribution in [0.3, 0.4) is 0 Å². The zero-order valence-electron chi connectivity index (χ0n) is 16.7. The normalized spacial score (nSPS) is 11.0. The van der Waals surface area contributed by atoms with Crippen LogP contribution in [0.2, 0.25) is 0 Å². The first kappa shape index (κ1) is 21.4. The molecule has 0 saturated carbocycles. The quantitative estimate of drug-likeness (QED) is 0.430. The molecule has 0 radical (unpaired) electrons. The highest BCUT2D eigenvalue weighted by Crippen LogP contribution is 2.23. The molecule has 0 aliphatic heterocycles. The Hall–Kier alpha value is -3.80. The Morgan fingerprint density at radius 1 is 1.12 bits per heavy atom. The molecule has 4 rings (SSSR count). The molecule has 0 unspecified atom stereocenters. The molecule has 3 aromatic heterocycles. The minimum atomic E-state index is -1.32. The minimum Gasteiger partial charge on any atom is -0.356 e. The number of nitrogens with zero attached hydrogens (tertiary/aromatic N) is 4. The van der Waals surface area contributed by atoms with Gasteiger partial charge in [0.1, 0.15) is 33.8 Å². The molecule has 1 aromatic carbocycles. The fourth-order valence-electron chi connectivity index (χ4n) is 2.90. The maximum atomic E-state index is 13.9. The summed E-state index contributed by atoms with van der Waals surface area (Å²) >= 11 is 1.27. The average molecular weight is 460 g/mol. The summed E-state index contributed by atoms with van der Waals surface area (Å²) in [5.41, 5.74) is 0.587. The summed E-state index contributed by atoms with van der Waals surface area (Å²) in [7, 11) is 1.81. The summed E-state index contributed by atoms with van der Waals surface area (Å²) in [5.74, 6) is -5.36. The third kappa shape index (κ3) is 4.17. The van der Waals surface area contributed by atoms with Crippen molar-refractivity contribution in [3.63, 3.8) is 0 Å². The third-order valence-corrected chi connectivity index (χ3v) is 5.57. The van der Waals surface area contributed by atoms with Gasteiger partial charge in [-0.25, -0.2) is 13.2 Å². The van der Waals surface area contributed by atoms with Crippen molar-refractivity contribution in [2.75, 3.05) is 0 Å². The smallest absolute Gasteiger partial charge is 0.268 e. The van der Waals surface area contributed by atoms with E-state index in [0.717, 1.165) is 18.0 Å². The van der Waals surface area contributed by atoms with Gasteiger partial charge in [-0.3, -0.25) is 14.3 Å². The number of ketones is 1. The van der Waals surface area contributed by atoms with E-state index < -0.39 is 34.7 Å². The summed E-state index contributed by atoms with van der Waals surface area (Å²) < 4.78 is 42.5. The Bertz CT molecular complexity index is 1300. The number of hydrogen-bond donors (Lipinski definition) is 2. The third-order valence-electron chi connectivity index (χ3n) is 4.62. The van der Waals surface area contributed by atoms with Gasteiger partial charge in [0.15, 0.2) is 10.8 Å². The monoisotopic (exact) mass is 460 g/mol. The Kier molecular flexibility index (Phi) is 5.61. The van der Waals surface area contributed by atoms with Crippen LogP contribution < -0.4 is 5.32 Å². The van der Waals surface area contributed by atoms with Crippen molar-refractivity contribution in [3.8, 4) is 10.7 Å². The lowest BCUT2D eigenvalue weighted by atomic mass is 10.0. The first-order valence-corrected chi connectivity index (χ1v) is 10.0. The molecule has 0 aliphatic rings. The van der Waals surface area contributed by atoms with Crippen molar-refractivity contribution in [2.45, 2.75) is 13.5 Å². The maximum absolute atomic E-state index is 13.9. The molecule has 0 atom stereocenters. The summed E-state index contributed by atoms with van der Waals surface area (Å²) in [6.45, 7) is 1.98. The van der Waals surface area contributed by atoms with Crippen molar-refractivity contribution in [1.82, 2.24) is 30.3 Å². The van der Waals surface area contributed by atoms with Gasteiger partial charge in [0, 0.05) is 36.6 Å². The number of aryl methyl sites for hydroxylation is 2. The minimum absolute atomic E-state index is 0.00127. The van der Waals surface area contributed by atoms with Crippen LogP contribution in [0.5, 0.6) is 0 Å². The number of rotatable bonds is 6. The van der Waals surface area contributed by atoms with E-state index >= 15 is 0 Å². The van der Waals surface area contributed by atoms with Crippen LogP contribution in [0.1, 0.15) is 37.1 Å². The number of benzene rings is 1. The SMILES string of the molecule is Cc1cc(-c2nnc(CNC(=O)c3cc(C(=O)c4c(F)cc(F)cc4F)c[nH]3)s2)nn1C. The van der Waals surface area contributed by atoms with E-state index in [-0.39, 0.29) is 17.8 Å². The maximum Gasteiger partial charge on any atom is 0.268 e. The van der Waals surface area contributed by atoms with Crippen LogP contribution in [0.4, 0.5) is 13.2 Å². The largest absolute Gasteiger partial charge is 0.356 e. The van der Waals surface area contributed by atoms with Crippen LogP contribution in [-0.2, 0) is 13.6 Å². The van der Waals surface area contributed by atoms with Crippen molar-refractivity contribution in [2.24, 2.45) is 7.05 Å². The molecular formula is C20H15F3N6O2S. The second kappa shape index (κ2) is 8.38. The van der Waals surface area contributed by atoms with Gasteiger partial charge >= 0.3 is 0 Å². The molecule has 0 saturated heterocycles. The number of hydrogen-bond acceptors (Lipinski definition) is 6. The van der Waals surface area contributed by atoms with Gasteiger partial charge in [0.25, 0.3) is 5.91 Å². The molecule has 2 N–H and O–H groups in total. The van der Waals surface area contributed by atoms with Crippen molar-refractivity contribution in [1.29, 1.82) is 0 Å². The number of H-pyrrole nitrogens is 1. The van der Waals surface area contributed by atoms with E-state index in [4.69, 9.17) is 0 Å². The lowest BCUT2D eigenvalue weighted by molar-refractivity contribution is 0.0946. The highest BCUT2D eigenvalue weighted by Gasteiger charge is 2.22. The molecule has 3 heterocycles. The van der Waals surface area contributed by atoms with E-state index in [1.807, 2.05) is 20.0 Å². The Morgan fingerprint density at radius 2 is 1.84 bits per heavy atom. The molecule has 0 bridgehead atoms. The first-order chi connectivity index (χ1) is 15.2. The van der Waals surface area contributed by atoms with Crippen LogP contribution >= 0.6 is 11.3 Å². The summed E-state index contributed by atoms with van der Waals surface area (Å²) in [4.78, 5) is 27.4. The highest BCUT2D eigenvalue weighted by molar-refractivity contribution is 7.14. The fourth-order valence-corrected chi connectivity index (χ4v) is 3.64. The van der Waals surface area contributed by atoms with Crippen LogP contribution in [0.25, 0.3) is 10.7 Å². The standard InChI is InChI=1S/C20H15F3N6O2S/c1-9-3-15(28-29(9)2)20-27-26-16(32-20)8-25-19(31)14-4-10(7-24-14)18(30)17-12(22)5-11(21)6-13(17)23/h3-7,24H,8H2,1-2H3,(H,25,31). The molecule has 0 fully saturated rings. The van der Waals surface area contributed by atoms with Crippen LogP contribution in [0, 0.1) is 24.4 Å². The van der Waals surface area contributed by atoms with Gasteiger partial charge in [0.2, 0.25) is 0 Å². The van der Waals surface area contributed by atoms with Gasteiger partial charge in [-0.1, -0.05) is 11.3 Å². The van der Waals surface area contributed by atoms with E-state index in [1.54, 1.807) is 4.68 Å². The van der Waals surface area contributed by atoms with E-state index in [9.17, 15) is 22.8 Å². The Labute approximate surface area is 183 Å². The topological polar surface area (TPSA) is 106 Å². The van der Waals surface area contributed by atoms with Gasteiger partial charge in [0.05, 0.1) is 12.1 Å². The molecule has 0 aliphatic carbocycles. The fraction of sp³-hybridized carbons (Fsp3) is 0.150. The predicted molar refractivity (Wildman–Crippen MR) is 109 cm³/mol.